The predicted molar refractivity (Wildman–Crippen MR) is 88.6 cm³/mol. The van der Waals surface area contributed by atoms with E-state index in [2.05, 4.69) is 5.32 Å². The topological polar surface area (TPSA) is 117 Å². The van der Waals surface area contributed by atoms with E-state index >= 15 is 0 Å². The zero-order valence-electron chi connectivity index (χ0n) is 13.0. The summed E-state index contributed by atoms with van der Waals surface area (Å²) in [6, 6.07) is 11.1. The molecule has 2 aromatic carbocycles. The van der Waals surface area contributed by atoms with Crippen LogP contribution in [0, 0.1) is 10.1 Å². The lowest BCUT2D eigenvalue weighted by Gasteiger charge is -2.10. The summed E-state index contributed by atoms with van der Waals surface area (Å²) in [7, 11) is 1.58. The third kappa shape index (κ3) is 4.35. The van der Waals surface area contributed by atoms with Gasteiger partial charge in [0.05, 0.1) is 12.0 Å². The first-order chi connectivity index (χ1) is 11.5. The summed E-state index contributed by atoms with van der Waals surface area (Å²) in [4.78, 5) is 21.6. The van der Waals surface area contributed by atoms with Crippen LogP contribution in [-0.2, 0) is 0 Å². The number of nitro benzene ring substituents is 1. The van der Waals surface area contributed by atoms with Gasteiger partial charge in [0.2, 0.25) is 5.91 Å². The highest BCUT2D eigenvalue weighted by atomic mass is 16.6. The lowest BCUT2D eigenvalue weighted by Crippen LogP contribution is -2.14. The Morgan fingerprint density at radius 2 is 1.88 bits per heavy atom. The smallest absolute Gasteiger partial charge is 0.293 e. The number of nitro groups is 1. The molecule has 0 bridgehead atoms. The van der Waals surface area contributed by atoms with Crippen molar-refractivity contribution in [1.29, 1.82) is 0 Å². The van der Waals surface area contributed by atoms with E-state index in [1.54, 1.807) is 31.4 Å². The van der Waals surface area contributed by atoms with Crippen molar-refractivity contribution in [3.63, 3.8) is 0 Å². The van der Waals surface area contributed by atoms with Gasteiger partial charge in [-0.25, -0.2) is 0 Å². The standard InChI is InChI=1S/C16H17N3O5/c1-23-12-3-5-13(6-4-12)24-9-8-18-14-7-2-11(16(17)20)10-15(14)19(21)22/h2-7,10,18H,8-9H2,1H3,(H2,17,20). The monoisotopic (exact) mass is 331 g/mol. The predicted octanol–water partition coefficient (Wildman–Crippen LogP) is 2.19. The summed E-state index contributed by atoms with van der Waals surface area (Å²) in [5, 5.41) is 14.0. The molecule has 0 aliphatic carbocycles. The molecule has 0 saturated heterocycles. The van der Waals surface area contributed by atoms with Gasteiger partial charge in [0.15, 0.2) is 0 Å². The zero-order valence-corrected chi connectivity index (χ0v) is 13.0. The third-order valence-corrected chi connectivity index (χ3v) is 3.22. The van der Waals surface area contributed by atoms with Gasteiger partial charge in [0.25, 0.3) is 5.69 Å². The van der Waals surface area contributed by atoms with Crippen LogP contribution in [0.3, 0.4) is 0 Å². The van der Waals surface area contributed by atoms with Gasteiger partial charge >= 0.3 is 0 Å². The second-order valence-corrected chi connectivity index (χ2v) is 4.80. The van der Waals surface area contributed by atoms with E-state index in [0.29, 0.717) is 24.6 Å². The van der Waals surface area contributed by atoms with Crippen LogP contribution >= 0.6 is 0 Å². The highest BCUT2D eigenvalue weighted by Crippen LogP contribution is 2.25. The fourth-order valence-electron chi connectivity index (χ4n) is 2.01. The van der Waals surface area contributed by atoms with E-state index in [0.717, 1.165) is 11.8 Å². The minimum atomic E-state index is -0.715. The number of nitrogens with one attached hydrogen (secondary N) is 1. The van der Waals surface area contributed by atoms with Gasteiger partial charge in [0, 0.05) is 18.2 Å². The zero-order chi connectivity index (χ0) is 17.5. The first-order valence-electron chi connectivity index (χ1n) is 7.10. The van der Waals surface area contributed by atoms with Crippen molar-refractivity contribution in [1.82, 2.24) is 0 Å². The van der Waals surface area contributed by atoms with E-state index < -0.39 is 10.8 Å². The molecule has 24 heavy (non-hydrogen) atoms. The maximum absolute atomic E-state index is 11.1. The third-order valence-electron chi connectivity index (χ3n) is 3.22. The minimum Gasteiger partial charge on any atom is -0.497 e. The Balaban J connectivity index is 1.93. The van der Waals surface area contributed by atoms with E-state index in [9.17, 15) is 14.9 Å². The van der Waals surface area contributed by atoms with Gasteiger partial charge < -0.3 is 20.5 Å². The van der Waals surface area contributed by atoms with Crippen LogP contribution in [0.1, 0.15) is 10.4 Å². The van der Waals surface area contributed by atoms with Gasteiger partial charge in [-0.05, 0) is 36.4 Å². The molecule has 0 atom stereocenters. The Labute approximate surface area is 138 Å². The Hall–Kier alpha value is -3.29. The molecule has 0 spiro atoms. The summed E-state index contributed by atoms with van der Waals surface area (Å²) < 4.78 is 10.6. The molecule has 0 heterocycles. The number of benzene rings is 2. The van der Waals surface area contributed by atoms with E-state index in [-0.39, 0.29) is 11.3 Å². The van der Waals surface area contributed by atoms with Crippen molar-refractivity contribution in [3.8, 4) is 11.5 Å². The number of hydrogen-bond acceptors (Lipinski definition) is 6. The lowest BCUT2D eigenvalue weighted by atomic mass is 10.1. The van der Waals surface area contributed by atoms with Gasteiger partial charge in [-0.3, -0.25) is 14.9 Å². The number of nitrogens with zero attached hydrogens (tertiary/aromatic N) is 1. The van der Waals surface area contributed by atoms with Crippen LogP contribution in [0.25, 0.3) is 0 Å². The van der Waals surface area contributed by atoms with Crippen molar-refractivity contribution in [2.24, 2.45) is 5.73 Å². The first-order valence-corrected chi connectivity index (χ1v) is 7.10. The van der Waals surface area contributed by atoms with Gasteiger partial charge in [-0.2, -0.15) is 0 Å². The number of rotatable bonds is 8. The fourth-order valence-corrected chi connectivity index (χ4v) is 2.01. The number of hydrogen-bond donors (Lipinski definition) is 2. The van der Waals surface area contributed by atoms with Crippen molar-refractivity contribution in [3.05, 3.63) is 58.1 Å². The molecule has 0 fully saturated rings. The van der Waals surface area contributed by atoms with Crippen LogP contribution in [0.2, 0.25) is 0 Å². The summed E-state index contributed by atoms with van der Waals surface area (Å²) >= 11 is 0. The molecule has 0 radical (unpaired) electrons. The normalized spacial score (nSPS) is 10.0. The molecule has 1 amide bonds. The van der Waals surface area contributed by atoms with Crippen molar-refractivity contribution in [2.45, 2.75) is 0 Å². The molecular formula is C16H17N3O5. The quantitative estimate of drug-likeness (QED) is 0.435. The Bertz CT molecular complexity index is 731. The van der Waals surface area contributed by atoms with E-state index in [1.165, 1.54) is 12.1 Å². The number of carbonyl (C=O) groups excluding carboxylic acids is 1. The summed E-state index contributed by atoms with van der Waals surface area (Å²) in [6.45, 7) is 0.657. The fraction of sp³-hybridized carbons (Fsp3) is 0.188. The van der Waals surface area contributed by atoms with Gasteiger partial charge in [-0.1, -0.05) is 0 Å². The molecule has 0 aromatic heterocycles. The highest BCUT2D eigenvalue weighted by Gasteiger charge is 2.16. The number of nitrogens with two attached hydrogens (primary N) is 1. The summed E-state index contributed by atoms with van der Waals surface area (Å²) in [5.41, 5.74) is 5.30. The molecule has 8 nitrogen and oxygen atoms in total. The second kappa shape index (κ2) is 7.82. The van der Waals surface area contributed by atoms with Crippen molar-refractivity contribution in [2.75, 3.05) is 25.6 Å². The second-order valence-electron chi connectivity index (χ2n) is 4.80. The maximum Gasteiger partial charge on any atom is 0.293 e. The number of ether oxygens (including phenoxy) is 2. The number of carbonyl (C=O) groups is 1. The van der Waals surface area contributed by atoms with E-state index in [4.69, 9.17) is 15.2 Å². The van der Waals surface area contributed by atoms with Crippen LogP contribution in [0.4, 0.5) is 11.4 Å². The number of anilines is 1. The lowest BCUT2D eigenvalue weighted by molar-refractivity contribution is -0.384. The largest absolute Gasteiger partial charge is 0.497 e. The molecule has 0 saturated carbocycles. The van der Waals surface area contributed by atoms with Gasteiger partial charge in [0.1, 0.15) is 23.8 Å². The molecule has 126 valence electrons. The van der Waals surface area contributed by atoms with E-state index in [1.807, 2.05) is 0 Å². The highest BCUT2D eigenvalue weighted by molar-refractivity contribution is 5.94. The number of methoxy groups -OCH3 is 1. The molecule has 2 aromatic rings. The molecule has 0 aliphatic rings. The Morgan fingerprint density at radius 3 is 2.46 bits per heavy atom. The van der Waals surface area contributed by atoms with Crippen LogP contribution in [-0.4, -0.2) is 31.1 Å². The van der Waals surface area contributed by atoms with Crippen molar-refractivity contribution >= 4 is 17.3 Å². The Kier molecular flexibility index (Phi) is 5.56. The summed E-state index contributed by atoms with van der Waals surface area (Å²) in [6.07, 6.45) is 0. The molecular weight excluding hydrogens is 314 g/mol. The van der Waals surface area contributed by atoms with Crippen molar-refractivity contribution < 1.29 is 19.2 Å². The van der Waals surface area contributed by atoms with Crippen LogP contribution in [0.5, 0.6) is 11.5 Å². The molecule has 0 unspecified atom stereocenters. The average molecular weight is 331 g/mol. The van der Waals surface area contributed by atoms with Gasteiger partial charge in [-0.15, -0.1) is 0 Å². The van der Waals surface area contributed by atoms with Crippen LogP contribution in [0.15, 0.2) is 42.5 Å². The minimum absolute atomic E-state index is 0.0849. The molecule has 0 aliphatic heterocycles. The SMILES string of the molecule is COc1ccc(OCCNc2ccc(C(N)=O)cc2[N+](=O)[O-])cc1. The number of primary amides is 1. The first kappa shape index (κ1) is 17.1. The maximum atomic E-state index is 11.1. The molecule has 8 heteroatoms. The summed E-state index contributed by atoms with van der Waals surface area (Å²) in [5.74, 6) is 0.675. The molecule has 2 rings (SSSR count). The average Bonchev–Trinajstić information content (AvgIpc) is 2.59. The van der Waals surface area contributed by atoms with Crippen LogP contribution < -0.4 is 20.5 Å². The number of amides is 1. The molecule has 3 N–H and O–H groups in total. The Morgan fingerprint density at radius 1 is 1.21 bits per heavy atom.